The molecule has 2 aromatic heterocycles. The number of hydrogen-bond donors (Lipinski definition) is 2. The highest BCUT2D eigenvalue weighted by molar-refractivity contribution is 8.26. The van der Waals surface area contributed by atoms with Gasteiger partial charge in [0.1, 0.15) is 11.5 Å². The number of ketones is 1. The highest BCUT2D eigenvalue weighted by Crippen LogP contribution is 2.37. The van der Waals surface area contributed by atoms with Gasteiger partial charge in [-0.05, 0) is 61.6 Å². The molecule has 9 nitrogen and oxygen atoms in total. The molecule has 11 heteroatoms. The minimum atomic E-state index is -0.281. The summed E-state index contributed by atoms with van der Waals surface area (Å²) in [5, 5.41) is 12.1. The molecule has 4 heterocycles. The third kappa shape index (κ3) is 6.50. The first kappa shape index (κ1) is 27.3. The number of allylic oxidation sites excluding steroid dienone is 1. The van der Waals surface area contributed by atoms with Crippen LogP contribution in [0.25, 0.3) is 11.7 Å². The molecule has 1 unspecified atom stereocenters. The van der Waals surface area contributed by atoms with Crippen molar-refractivity contribution in [3.05, 3.63) is 69.0 Å². The molecule has 0 saturated carbocycles. The van der Waals surface area contributed by atoms with E-state index in [1.54, 1.807) is 30.5 Å². The number of hydrogen-bond acceptors (Lipinski definition) is 10. The van der Waals surface area contributed by atoms with Crippen LogP contribution in [0.5, 0.6) is 11.5 Å². The molecular formula is C28H29N3O6S2. The number of anilines is 1. The molecule has 1 atom stereocenters. The quantitative estimate of drug-likeness (QED) is 0.201. The van der Waals surface area contributed by atoms with Crippen LogP contribution in [0.2, 0.25) is 0 Å². The highest BCUT2D eigenvalue weighted by Gasteiger charge is 2.30. The zero-order valence-electron chi connectivity index (χ0n) is 21.3. The van der Waals surface area contributed by atoms with E-state index in [4.69, 9.17) is 31.5 Å². The van der Waals surface area contributed by atoms with Crippen molar-refractivity contribution in [3.63, 3.8) is 0 Å². The standard InChI is InChI=1S/C28H29N3O6S2/c32-11-13-35-12-9-29-27-20(28(34)31-10-2-1-6-24(31)30-27)16-23-26(33)19(15-25(38)39-23)5-3-4-18-7-8-21-22(14-18)37-17-36-21/h1-2,6-8,10,14,16,19,29,32H,3-5,9,11-13,15,17H2/b23-16-. The van der Waals surface area contributed by atoms with Crippen LogP contribution in [0.1, 0.15) is 30.4 Å². The molecule has 0 aliphatic carbocycles. The van der Waals surface area contributed by atoms with Gasteiger partial charge in [-0.15, -0.1) is 0 Å². The van der Waals surface area contributed by atoms with Gasteiger partial charge >= 0.3 is 0 Å². The second-order valence-electron chi connectivity index (χ2n) is 9.20. The van der Waals surface area contributed by atoms with Crippen LogP contribution < -0.4 is 20.3 Å². The topological polar surface area (TPSA) is 111 Å². The van der Waals surface area contributed by atoms with E-state index in [-0.39, 0.29) is 37.3 Å². The van der Waals surface area contributed by atoms with Crippen molar-refractivity contribution in [2.75, 3.05) is 38.5 Å². The van der Waals surface area contributed by atoms with Gasteiger partial charge in [0.25, 0.3) is 5.56 Å². The molecule has 1 saturated heterocycles. The molecule has 204 valence electrons. The molecule has 0 radical (unpaired) electrons. The number of thioether (sulfide) groups is 1. The number of aliphatic hydroxyl groups is 1. The zero-order valence-corrected chi connectivity index (χ0v) is 22.9. The number of thiocarbonyl (C=S) groups is 1. The number of carbonyl (C=O) groups is 1. The third-order valence-corrected chi connectivity index (χ3v) is 7.87. The first-order chi connectivity index (χ1) is 19.0. The molecular weight excluding hydrogens is 538 g/mol. The van der Waals surface area contributed by atoms with Gasteiger partial charge < -0.3 is 24.6 Å². The Balaban J connectivity index is 1.34. The molecule has 3 aromatic rings. The molecule has 39 heavy (non-hydrogen) atoms. The maximum atomic E-state index is 13.5. The first-order valence-electron chi connectivity index (χ1n) is 12.8. The Hall–Kier alpha value is -3.25. The van der Waals surface area contributed by atoms with Gasteiger partial charge in [0, 0.05) is 18.7 Å². The van der Waals surface area contributed by atoms with Gasteiger partial charge in [-0.25, -0.2) is 4.98 Å². The number of aryl methyl sites for hydroxylation is 1. The Kier molecular flexibility index (Phi) is 8.92. The average molecular weight is 568 g/mol. The van der Waals surface area contributed by atoms with Gasteiger partial charge in [0.2, 0.25) is 6.79 Å². The number of fused-ring (bicyclic) bond motifs is 2. The number of carbonyl (C=O) groups excluding carboxylic acids is 1. The van der Waals surface area contributed by atoms with Crippen LogP contribution in [0.15, 0.2) is 52.3 Å². The molecule has 0 spiro atoms. The zero-order chi connectivity index (χ0) is 27.2. The first-order valence-corrected chi connectivity index (χ1v) is 14.0. The van der Waals surface area contributed by atoms with Crippen LogP contribution in [0, 0.1) is 5.92 Å². The summed E-state index contributed by atoms with van der Waals surface area (Å²) in [6.07, 6.45) is 6.13. The van der Waals surface area contributed by atoms with Crippen molar-refractivity contribution in [2.24, 2.45) is 5.92 Å². The predicted molar refractivity (Wildman–Crippen MR) is 155 cm³/mol. The normalized spacial score (nSPS) is 17.8. The van der Waals surface area contributed by atoms with Crippen LogP contribution in [-0.4, -0.2) is 57.6 Å². The van der Waals surface area contributed by atoms with Crippen LogP contribution in [-0.2, 0) is 16.0 Å². The molecule has 5 rings (SSSR count). The fourth-order valence-corrected chi connectivity index (χ4v) is 6.04. The smallest absolute Gasteiger partial charge is 0.267 e. The van der Waals surface area contributed by atoms with E-state index in [1.807, 2.05) is 18.2 Å². The number of aromatic nitrogens is 2. The maximum absolute atomic E-state index is 13.5. The van der Waals surface area contributed by atoms with E-state index in [0.29, 0.717) is 47.9 Å². The maximum Gasteiger partial charge on any atom is 0.267 e. The number of rotatable bonds is 11. The SMILES string of the molecule is O=C1/C(=C/c2c(NCCOCCO)nc3ccccn3c2=O)SC(=S)CC1CCCc1ccc2c(c1)OCO2. The molecule has 2 aliphatic rings. The van der Waals surface area contributed by atoms with Crippen molar-refractivity contribution in [1.82, 2.24) is 9.38 Å². The highest BCUT2D eigenvalue weighted by atomic mass is 32.2. The Bertz CT molecular complexity index is 1470. The van der Waals surface area contributed by atoms with Crippen LogP contribution in [0.4, 0.5) is 5.82 Å². The molecule has 2 aliphatic heterocycles. The van der Waals surface area contributed by atoms with E-state index < -0.39 is 0 Å². The summed E-state index contributed by atoms with van der Waals surface area (Å²) in [6, 6.07) is 11.2. The third-order valence-electron chi connectivity index (χ3n) is 6.52. The minimum absolute atomic E-state index is 0.00549. The lowest BCUT2D eigenvalue weighted by molar-refractivity contribution is -0.118. The van der Waals surface area contributed by atoms with Crippen molar-refractivity contribution in [1.29, 1.82) is 0 Å². The number of Topliss-reactive ketones (excluding diaryl/α,β-unsaturated/α-hetero) is 1. The van der Waals surface area contributed by atoms with E-state index in [1.165, 1.54) is 16.2 Å². The van der Waals surface area contributed by atoms with Gasteiger partial charge in [0.05, 0.1) is 34.5 Å². The molecule has 0 amide bonds. The lowest BCUT2D eigenvalue weighted by Gasteiger charge is -2.23. The summed E-state index contributed by atoms with van der Waals surface area (Å²) in [4.78, 5) is 32.0. The van der Waals surface area contributed by atoms with E-state index in [2.05, 4.69) is 10.3 Å². The number of nitrogens with zero attached hydrogens (tertiary/aromatic N) is 2. The van der Waals surface area contributed by atoms with Crippen molar-refractivity contribution in [3.8, 4) is 11.5 Å². The number of ether oxygens (including phenoxy) is 3. The Morgan fingerprint density at radius 1 is 1.21 bits per heavy atom. The molecule has 1 fully saturated rings. The van der Waals surface area contributed by atoms with Crippen LogP contribution in [0.3, 0.4) is 0 Å². The summed E-state index contributed by atoms with van der Waals surface area (Å²) in [5.74, 6) is 1.63. The van der Waals surface area contributed by atoms with E-state index >= 15 is 0 Å². The average Bonchev–Trinajstić information content (AvgIpc) is 3.41. The fourth-order valence-electron chi connectivity index (χ4n) is 4.60. The summed E-state index contributed by atoms with van der Waals surface area (Å²) < 4.78 is 18.4. The van der Waals surface area contributed by atoms with Crippen molar-refractivity contribution >= 4 is 51.5 Å². The molecule has 2 N–H and O–H groups in total. The fraction of sp³-hybridized carbons (Fsp3) is 0.357. The predicted octanol–water partition coefficient (Wildman–Crippen LogP) is 3.86. The monoisotopic (exact) mass is 567 g/mol. The van der Waals surface area contributed by atoms with Gasteiger partial charge in [-0.3, -0.25) is 14.0 Å². The second kappa shape index (κ2) is 12.7. The van der Waals surface area contributed by atoms with Gasteiger partial charge in [-0.2, -0.15) is 0 Å². The van der Waals surface area contributed by atoms with Gasteiger partial charge in [-0.1, -0.05) is 36.1 Å². The summed E-state index contributed by atoms with van der Waals surface area (Å²) in [7, 11) is 0. The lowest BCUT2D eigenvalue weighted by Crippen LogP contribution is -2.25. The summed E-state index contributed by atoms with van der Waals surface area (Å²) >= 11 is 6.82. The summed E-state index contributed by atoms with van der Waals surface area (Å²) in [6.45, 7) is 1.11. The number of nitrogens with one attached hydrogen (secondary N) is 1. The number of pyridine rings is 1. The number of aliphatic hydroxyl groups excluding tert-OH is 1. The van der Waals surface area contributed by atoms with Gasteiger partial charge in [0.15, 0.2) is 17.3 Å². The Morgan fingerprint density at radius 3 is 2.95 bits per heavy atom. The largest absolute Gasteiger partial charge is 0.454 e. The Morgan fingerprint density at radius 2 is 2.08 bits per heavy atom. The van der Waals surface area contributed by atoms with Crippen molar-refractivity contribution in [2.45, 2.75) is 25.7 Å². The molecule has 1 aromatic carbocycles. The number of benzene rings is 1. The minimum Gasteiger partial charge on any atom is -0.454 e. The van der Waals surface area contributed by atoms with Crippen molar-refractivity contribution < 1.29 is 24.1 Å². The molecule has 0 bridgehead atoms. The van der Waals surface area contributed by atoms with Crippen LogP contribution >= 0.6 is 24.0 Å². The van der Waals surface area contributed by atoms with E-state index in [9.17, 15) is 9.59 Å². The Labute approximate surface area is 235 Å². The van der Waals surface area contributed by atoms with E-state index in [0.717, 1.165) is 34.1 Å². The summed E-state index contributed by atoms with van der Waals surface area (Å²) in [5.41, 5.74) is 1.63. The lowest BCUT2D eigenvalue weighted by atomic mass is 9.92. The second-order valence-corrected chi connectivity index (χ2v) is 11.1.